The quantitative estimate of drug-likeness (QED) is 0.447. The summed E-state index contributed by atoms with van der Waals surface area (Å²) in [5.74, 6) is 1.95. The van der Waals surface area contributed by atoms with Gasteiger partial charge in [0.2, 0.25) is 0 Å². The van der Waals surface area contributed by atoms with Crippen LogP contribution < -0.4 is 0 Å². The number of hydrogen-bond acceptors (Lipinski definition) is 0. The Morgan fingerprint density at radius 1 is 1.30 bits per heavy atom. The molecule has 2 unspecified atom stereocenters. The highest BCUT2D eigenvalue weighted by molar-refractivity contribution is 5.02. The lowest BCUT2D eigenvalue weighted by Crippen LogP contribution is -1.79. The molecular weight excluding hydrogens is 120 g/mol. The molecule has 0 spiro atoms. The minimum Gasteiger partial charge on any atom is -0.129 e. The molecule has 1 saturated carbocycles. The Labute approximate surface area is 62.6 Å². The molecule has 1 fully saturated rings. The molecule has 0 aromatic rings. The third-order valence-corrected chi connectivity index (χ3v) is 2.58. The minimum absolute atomic E-state index is 0.911. The topological polar surface area (TPSA) is 0 Å². The zero-order chi connectivity index (χ0) is 6.81. The van der Waals surface area contributed by atoms with E-state index in [1.165, 1.54) is 32.1 Å². The Balaban J connectivity index is 1.99. The van der Waals surface area contributed by atoms with Gasteiger partial charge in [-0.2, -0.15) is 0 Å². The molecule has 0 amide bonds. The second-order valence-electron chi connectivity index (χ2n) is 3.48. The van der Waals surface area contributed by atoms with Crippen LogP contribution in [0.1, 0.15) is 32.1 Å². The van der Waals surface area contributed by atoms with Crippen molar-refractivity contribution in [1.29, 1.82) is 0 Å². The molecule has 54 valence electrons. The molecule has 0 aliphatic heterocycles. The maximum absolute atomic E-state index is 3.27. The van der Waals surface area contributed by atoms with E-state index in [9.17, 15) is 0 Å². The van der Waals surface area contributed by atoms with Gasteiger partial charge in [0, 0.05) is 0 Å². The van der Waals surface area contributed by atoms with Crippen molar-refractivity contribution in [2.75, 3.05) is 0 Å². The van der Waals surface area contributed by atoms with E-state index in [-0.39, 0.29) is 0 Å². The second-order valence-corrected chi connectivity index (χ2v) is 3.48. The van der Waals surface area contributed by atoms with Gasteiger partial charge in [0.05, 0.1) is 0 Å². The predicted octanol–water partition coefficient (Wildman–Crippen LogP) is 2.91. The normalized spacial score (nSPS) is 37.6. The van der Waals surface area contributed by atoms with E-state index >= 15 is 0 Å². The molecule has 0 radical (unpaired) electrons. The Morgan fingerprint density at radius 2 is 2.30 bits per heavy atom. The molecule has 0 saturated heterocycles. The highest BCUT2D eigenvalue weighted by atomic mass is 14.4. The molecule has 0 N–H and O–H groups in total. The van der Waals surface area contributed by atoms with Crippen LogP contribution in [0.3, 0.4) is 0 Å². The van der Waals surface area contributed by atoms with Crippen molar-refractivity contribution in [2.24, 2.45) is 11.8 Å². The fourth-order valence-corrected chi connectivity index (χ4v) is 1.73. The Kier molecular flexibility index (Phi) is 1.65. The minimum atomic E-state index is 0.911. The van der Waals surface area contributed by atoms with Crippen molar-refractivity contribution in [1.82, 2.24) is 0 Å². The summed E-state index contributed by atoms with van der Waals surface area (Å²) in [6.45, 7) is 0. The SMILES string of the molecule is C1=CCCCCC2CC2C=1. The average molecular weight is 134 g/mol. The molecule has 2 atom stereocenters. The maximum atomic E-state index is 3.27. The van der Waals surface area contributed by atoms with E-state index in [1.807, 2.05) is 0 Å². The monoisotopic (exact) mass is 134 g/mol. The third-order valence-electron chi connectivity index (χ3n) is 2.58. The summed E-state index contributed by atoms with van der Waals surface area (Å²) in [5, 5.41) is 0. The molecule has 0 nitrogen and oxygen atoms in total. The summed E-state index contributed by atoms with van der Waals surface area (Å²) < 4.78 is 0. The van der Waals surface area contributed by atoms with Crippen molar-refractivity contribution in [3.8, 4) is 0 Å². The van der Waals surface area contributed by atoms with E-state index in [1.54, 1.807) is 0 Å². The van der Waals surface area contributed by atoms with Crippen LogP contribution in [0.2, 0.25) is 0 Å². The lowest BCUT2D eigenvalue weighted by Gasteiger charge is -1.93. The molecule has 0 bridgehead atoms. The molecule has 0 heterocycles. The van der Waals surface area contributed by atoms with Crippen molar-refractivity contribution in [3.05, 3.63) is 17.9 Å². The van der Waals surface area contributed by atoms with Crippen LogP contribution in [0.15, 0.2) is 17.9 Å². The zero-order valence-corrected chi connectivity index (χ0v) is 6.34. The summed E-state index contributed by atoms with van der Waals surface area (Å²) >= 11 is 0. The van der Waals surface area contributed by atoms with Crippen molar-refractivity contribution in [3.63, 3.8) is 0 Å². The van der Waals surface area contributed by atoms with E-state index in [0.717, 1.165) is 11.8 Å². The van der Waals surface area contributed by atoms with Gasteiger partial charge in [0.1, 0.15) is 0 Å². The fraction of sp³-hybridized carbons (Fsp3) is 0.700. The second kappa shape index (κ2) is 2.64. The summed E-state index contributed by atoms with van der Waals surface area (Å²) in [4.78, 5) is 0. The van der Waals surface area contributed by atoms with Crippen LogP contribution in [-0.4, -0.2) is 0 Å². The number of allylic oxidation sites excluding steroid dienone is 1. The average Bonchev–Trinajstić information content (AvgIpc) is 2.66. The summed E-state index contributed by atoms with van der Waals surface area (Å²) in [7, 11) is 0. The van der Waals surface area contributed by atoms with Crippen molar-refractivity contribution in [2.45, 2.75) is 32.1 Å². The molecule has 10 heavy (non-hydrogen) atoms. The first-order valence-electron chi connectivity index (χ1n) is 4.38. The van der Waals surface area contributed by atoms with E-state index in [2.05, 4.69) is 17.9 Å². The van der Waals surface area contributed by atoms with Gasteiger partial charge in [-0.25, -0.2) is 0 Å². The first kappa shape index (κ1) is 6.24. The lowest BCUT2D eigenvalue weighted by atomic mass is 10.1. The highest BCUT2D eigenvalue weighted by Gasteiger charge is 2.33. The summed E-state index contributed by atoms with van der Waals surface area (Å²) in [6.07, 6.45) is 11.4. The standard InChI is InChI=1S/C10H14/c1-2-4-6-9-8-10(9)7-5-3-1/h2,6,9-10H,1,3,5,7-8H2. The van der Waals surface area contributed by atoms with Crippen molar-refractivity contribution < 1.29 is 0 Å². The van der Waals surface area contributed by atoms with E-state index in [4.69, 9.17) is 0 Å². The van der Waals surface area contributed by atoms with Gasteiger partial charge in [0.25, 0.3) is 0 Å². The zero-order valence-electron chi connectivity index (χ0n) is 6.34. The van der Waals surface area contributed by atoms with Crippen LogP contribution in [0.4, 0.5) is 0 Å². The van der Waals surface area contributed by atoms with Gasteiger partial charge in [-0.15, -0.1) is 5.73 Å². The van der Waals surface area contributed by atoms with Gasteiger partial charge in [-0.1, -0.05) is 6.42 Å². The number of fused-ring (bicyclic) bond motifs is 1. The highest BCUT2D eigenvalue weighted by Crippen LogP contribution is 2.43. The molecular formula is C10H14. The Hall–Kier alpha value is -0.480. The van der Waals surface area contributed by atoms with E-state index < -0.39 is 0 Å². The Morgan fingerprint density at radius 3 is 3.30 bits per heavy atom. The third kappa shape index (κ3) is 1.33. The van der Waals surface area contributed by atoms with Crippen molar-refractivity contribution >= 4 is 0 Å². The number of hydrogen-bond donors (Lipinski definition) is 0. The molecule has 2 aliphatic carbocycles. The van der Waals surface area contributed by atoms with Crippen LogP contribution in [0.25, 0.3) is 0 Å². The van der Waals surface area contributed by atoms with Crippen LogP contribution >= 0.6 is 0 Å². The largest absolute Gasteiger partial charge is 0.129 e. The van der Waals surface area contributed by atoms with Crippen LogP contribution in [0, 0.1) is 11.8 Å². The lowest BCUT2D eigenvalue weighted by molar-refractivity contribution is 0.620. The Bertz CT molecular complexity index is 172. The maximum Gasteiger partial charge on any atom is -0.0126 e. The van der Waals surface area contributed by atoms with Gasteiger partial charge in [0.15, 0.2) is 0 Å². The van der Waals surface area contributed by atoms with Gasteiger partial charge < -0.3 is 0 Å². The number of rotatable bonds is 0. The molecule has 0 aromatic carbocycles. The van der Waals surface area contributed by atoms with E-state index in [0.29, 0.717) is 0 Å². The van der Waals surface area contributed by atoms with Crippen LogP contribution in [-0.2, 0) is 0 Å². The molecule has 2 aliphatic rings. The first-order chi connectivity index (χ1) is 4.97. The van der Waals surface area contributed by atoms with Gasteiger partial charge in [-0.3, -0.25) is 0 Å². The van der Waals surface area contributed by atoms with Gasteiger partial charge >= 0.3 is 0 Å². The molecule has 0 heteroatoms. The smallest absolute Gasteiger partial charge is 0.0126 e. The molecule has 0 aromatic heterocycles. The summed E-state index contributed by atoms with van der Waals surface area (Å²) in [6, 6.07) is 0. The first-order valence-corrected chi connectivity index (χ1v) is 4.38. The van der Waals surface area contributed by atoms with Gasteiger partial charge in [-0.05, 0) is 49.7 Å². The molecule has 2 rings (SSSR count). The fourth-order valence-electron chi connectivity index (χ4n) is 1.73. The van der Waals surface area contributed by atoms with Crippen LogP contribution in [0.5, 0.6) is 0 Å². The predicted molar refractivity (Wildman–Crippen MR) is 42.7 cm³/mol. The summed E-state index contributed by atoms with van der Waals surface area (Å²) in [5.41, 5.74) is 3.27.